The van der Waals surface area contributed by atoms with Gasteiger partial charge in [-0.1, -0.05) is 5.16 Å². The van der Waals surface area contributed by atoms with Gasteiger partial charge in [0.2, 0.25) is 5.69 Å². The van der Waals surface area contributed by atoms with E-state index in [0.717, 1.165) is 22.4 Å². The molecule has 0 fully saturated rings. The summed E-state index contributed by atoms with van der Waals surface area (Å²) in [5.74, 6) is 0.0424. The zero-order chi connectivity index (χ0) is 14.2. The fourth-order valence-electron chi connectivity index (χ4n) is 1.84. The third-order valence-corrected chi connectivity index (χ3v) is 3.78. The molecule has 1 aromatic carbocycles. The van der Waals surface area contributed by atoms with Gasteiger partial charge in [0.15, 0.2) is 5.76 Å². The van der Waals surface area contributed by atoms with Crippen LogP contribution in [0.4, 0.5) is 0 Å². The fourth-order valence-corrected chi connectivity index (χ4v) is 2.37. The summed E-state index contributed by atoms with van der Waals surface area (Å²) >= 11 is 3.21. The summed E-state index contributed by atoms with van der Waals surface area (Å²) in [6.45, 7) is 3.85. The number of halogens is 1. The average Bonchev–Trinajstić information content (AvgIpc) is 2.75. The smallest absolute Gasteiger partial charge is 0.359 e. The number of carbonyl (C=O) groups is 1. The molecule has 5 nitrogen and oxygen atoms in total. The van der Waals surface area contributed by atoms with Crippen molar-refractivity contribution < 1.29 is 19.2 Å². The van der Waals surface area contributed by atoms with Crippen LogP contribution in [0.2, 0.25) is 0 Å². The van der Waals surface area contributed by atoms with Crippen molar-refractivity contribution in [1.82, 2.24) is 5.16 Å². The van der Waals surface area contributed by atoms with Crippen molar-refractivity contribution in [2.75, 3.05) is 7.11 Å². The summed E-state index contributed by atoms with van der Waals surface area (Å²) < 4.78 is 10.7. The first-order valence-electron chi connectivity index (χ1n) is 5.50. The van der Waals surface area contributed by atoms with Crippen molar-refractivity contribution in [3.63, 3.8) is 0 Å². The maximum atomic E-state index is 10.9. The van der Waals surface area contributed by atoms with Gasteiger partial charge in [-0.15, -0.1) is 0 Å². The van der Waals surface area contributed by atoms with E-state index >= 15 is 0 Å². The number of nitrogens with zero attached hydrogens (tertiary/aromatic N) is 1. The highest BCUT2D eigenvalue weighted by molar-refractivity contribution is 9.10. The largest absolute Gasteiger partial charge is 0.496 e. The van der Waals surface area contributed by atoms with Crippen molar-refractivity contribution in [3.8, 4) is 17.1 Å². The Hall–Kier alpha value is -1.82. The minimum Gasteiger partial charge on any atom is -0.496 e. The summed E-state index contributed by atoms with van der Waals surface area (Å²) in [5, 5.41) is 12.5. The summed E-state index contributed by atoms with van der Waals surface area (Å²) in [5.41, 5.74) is 2.57. The monoisotopic (exact) mass is 325 g/mol. The lowest BCUT2D eigenvalue weighted by atomic mass is 10.0. The fraction of sp³-hybridized carbons (Fsp3) is 0.231. The lowest BCUT2D eigenvalue weighted by molar-refractivity contribution is 0.0685. The number of benzene rings is 1. The summed E-state index contributed by atoms with van der Waals surface area (Å²) in [6.07, 6.45) is 0. The van der Waals surface area contributed by atoms with Gasteiger partial charge in [0, 0.05) is 5.56 Å². The number of carboxylic acids is 1. The Labute approximate surface area is 118 Å². The number of aromatic carboxylic acids is 1. The highest BCUT2D eigenvalue weighted by Gasteiger charge is 2.22. The molecular weight excluding hydrogens is 314 g/mol. The van der Waals surface area contributed by atoms with Gasteiger partial charge in [0.25, 0.3) is 0 Å². The predicted octanol–water partition coefficient (Wildman–Crippen LogP) is 3.43. The van der Waals surface area contributed by atoms with E-state index in [0.29, 0.717) is 10.2 Å². The molecule has 2 rings (SSSR count). The first-order valence-corrected chi connectivity index (χ1v) is 6.29. The molecule has 1 aromatic heterocycles. The number of ether oxygens (including phenoxy) is 1. The van der Waals surface area contributed by atoms with Crippen LogP contribution in [0.1, 0.15) is 21.6 Å². The van der Waals surface area contributed by atoms with Crippen molar-refractivity contribution in [1.29, 1.82) is 0 Å². The number of rotatable bonds is 3. The third-order valence-electron chi connectivity index (χ3n) is 3.04. The molecule has 0 unspecified atom stereocenters. The van der Waals surface area contributed by atoms with Crippen LogP contribution < -0.4 is 4.74 Å². The van der Waals surface area contributed by atoms with Crippen LogP contribution in [-0.4, -0.2) is 23.3 Å². The number of carboxylic acid groups (broad SMARTS) is 1. The first-order chi connectivity index (χ1) is 8.97. The van der Waals surface area contributed by atoms with Crippen molar-refractivity contribution in [2.45, 2.75) is 13.8 Å². The van der Waals surface area contributed by atoms with E-state index in [1.165, 1.54) is 0 Å². The van der Waals surface area contributed by atoms with E-state index in [2.05, 4.69) is 21.1 Å². The molecule has 0 bridgehead atoms. The Morgan fingerprint density at radius 3 is 2.58 bits per heavy atom. The molecule has 0 aliphatic carbocycles. The number of aromatic nitrogens is 1. The molecule has 6 heteroatoms. The molecule has 0 atom stereocenters. The number of methoxy groups -OCH3 is 1. The van der Waals surface area contributed by atoms with Gasteiger partial charge in [0.05, 0.1) is 7.11 Å². The SMILES string of the molecule is COc1ccc(-c2onc(C(=O)O)c2Br)c(C)c1C. The Bertz CT molecular complexity index is 648. The molecule has 1 heterocycles. The van der Waals surface area contributed by atoms with Crippen LogP contribution in [0.5, 0.6) is 5.75 Å². The van der Waals surface area contributed by atoms with Gasteiger partial charge >= 0.3 is 5.97 Å². The second kappa shape index (κ2) is 5.05. The third kappa shape index (κ3) is 2.23. The molecule has 2 aromatic rings. The Kier molecular flexibility index (Phi) is 3.61. The van der Waals surface area contributed by atoms with Gasteiger partial charge in [-0.3, -0.25) is 0 Å². The molecule has 1 N–H and O–H groups in total. The van der Waals surface area contributed by atoms with Crippen molar-refractivity contribution in [3.05, 3.63) is 33.4 Å². The lowest BCUT2D eigenvalue weighted by Gasteiger charge is -2.10. The van der Waals surface area contributed by atoms with Gasteiger partial charge in [0.1, 0.15) is 10.2 Å². The average molecular weight is 326 g/mol. The maximum absolute atomic E-state index is 10.9. The van der Waals surface area contributed by atoms with E-state index in [1.807, 2.05) is 26.0 Å². The van der Waals surface area contributed by atoms with Crippen LogP contribution in [0, 0.1) is 13.8 Å². The highest BCUT2D eigenvalue weighted by Crippen LogP contribution is 2.36. The van der Waals surface area contributed by atoms with Crippen molar-refractivity contribution >= 4 is 21.9 Å². The predicted molar refractivity (Wildman–Crippen MR) is 72.6 cm³/mol. The topological polar surface area (TPSA) is 72.6 Å². The number of hydrogen-bond donors (Lipinski definition) is 1. The van der Waals surface area contributed by atoms with Gasteiger partial charge < -0.3 is 14.4 Å². The van der Waals surface area contributed by atoms with E-state index in [-0.39, 0.29) is 5.69 Å². The number of hydrogen-bond acceptors (Lipinski definition) is 4. The van der Waals surface area contributed by atoms with Crippen LogP contribution >= 0.6 is 15.9 Å². The highest BCUT2D eigenvalue weighted by atomic mass is 79.9. The second-order valence-corrected chi connectivity index (χ2v) is 4.84. The summed E-state index contributed by atoms with van der Waals surface area (Å²) in [4.78, 5) is 10.9. The van der Waals surface area contributed by atoms with Gasteiger partial charge in [-0.05, 0) is 53.0 Å². The van der Waals surface area contributed by atoms with E-state index in [9.17, 15) is 4.79 Å². The van der Waals surface area contributed by atoms with Crippen LogP contribution in [-0.2, 0) is 0 Å². The zero-order valence-corrected chi connectivity index (χ0v) is 12.2. The molecule has 0 saturated heterocycles. The maximum Gasteiger partial charge on any atom is 0.359 e. The minimum atomic E-state index is -1.13. The molecule has 100 valence electrons. The first kappa shape index (κ1) is 13.6. The van der Waals surface area contributed by atoms with Crippen molar-refractivity contribution in [2.24, 2.45) is 0 Å². The Balaban J connectivity index is 2.60. The molecule has 0 aliphatic heterocycles. The Morgan fingerprint density at radius 2 is 2.05 bits per heavy atom. The van der Waals surface area contributed by atoms with Crippen LogP contribution in [0.15, 0.2) is 21.1 Å². The van der Waals surface area contributed by atoms with Gasteiger partial charge in [-0.25, -0.2) is 4.79 Å². The summed E-state index contributed by atoms with van der Waals surface area (Å²) in [7, 11) is 1.61. The molecule has 0 radical (unpaired) electrons. The van der Waals surface area contributed by atoms with E-state index in [1.54, 1.807) is 7.11 Å². The van der Waals surface area contributed by atoms with Crippen LogP contribution in [0.25, 0.3) is 11.3 Å². The molecule has 0 spiro atoms. The minimum absolute atomic E-state index is 0.136. The van der Waals surface area contributed by atoms with E-state index < -0.39 is 5.97 Å². The Morgan fingerprint density at radius 1 is 1.37 bits per heavy atom. The second-order valence-electron chi connectivity index (χ2n) is 4.04. The molecular formula is C13H12BrNO4. The van der Waals surface area contributed by atoms with Gasteiger partial charge in [-0.2, -0.15) is 0 Å². The zero-order valence-electron chi connectivity index (χ0n) is 10.7. The molecule has 19 heavy (non-hydrogen) atoms. The normalized spacial score (nSPS) is 10.5. The molecule has 0 saturated carbocycles. The quantitative estimate of drug-likeness (QED) is 0.935. The molecule has 0 aliphatic rings. The van der Waals surface area contributed by atoms with E-state index in [4.69, 9.17) is 14.4 Å². The molecule has 0 amide bonds. The summed E-state index contributed by atoms with van der Waals surface area (Å²) in [6, 6.07) is 3.63. The van der Waals surface area contributed by atoms with Crippen LogP contribution in [0.3, 0.4) is 0 Å². The lowest BCUT2D eigenvalue weighted by Crippen LogP contribution is -1.97. The standard InChI is InChI=1S/C13H12BrNO4/c1-6-7(2)9(18-3)5-4-8(6)12-10(14)11(13(16)17)15-19-12/h4-5H,1-3H3,(H,16,17).